The summed E-state index contributed by atoms with van der Waals surface area (Å²) in [5, 5.41) is 0. The molecule has 0 saturated heterocycles. The fraction of sp³-hybridized carbons (Fsp3) is 0.500. The van der Waals surface area contributed by atoms with Gasteiger partial charge < -0.3 is 14.2 Å². The molecule has 5 heteroatoms. The van der Waals surface area contributed by atoms with Crippen molar-refractivity contribution in [2.24, 2.45) is 0 Å². The maximum absolute atomic E-state index is 10.9. The number of carbonyl (C=O) groups excluding carboxylic acids is 2. The van der Waals surface area contributed by atoms with Gasteiger partial charge in [-0.1, -0.05) is 6.58 Å². The average molecular weight is 188 g/mol. The molecule has 0 N–H and O–H groups in total. The Kier molecular flexibility index (Phi) is 4.58. The fourth-order valence-corrected chi connectivity index (χ4v) is 0.459. The molecule has 0 aromatic heterocycles. The lowest BCUT2D eigenvalue weighted by atomic mass is 10.4. The summed E-state index contributed by atoms with van der Waals surface area (Å²) in [4.78, 5) is 21.4. The van der Waals surface area contributed by atoms with Crippen LogP contribution in [0.1, 0.15) is 13.8 Å². The number of ether oxygens (including phenoxy) is 3. The monoisotopic (exact) mass is 188 g/mol. The van der Waals surface area contributed by atoms with Gasteiger partial charge in [-0.05, 0) is 6.92 Å². The van der Waals surface area contributed by atoms with E-state index in [2.05, 4.69) is 20.8 Å². The van der Waals surface area contributed by atoms with Crippen LogP contribution in [-0.2, 0) is 19.0 Å². The van der Waals surface area contributed by atoms with Crippen molar-refractivity contribution in [2.75, 3.05) is 7.11 Å². The zero-order chi connectivity index (χ0) is 10.4. The minimum atomic E-state index is -0.975. The molecular formula is C8H12O5. The summed E-state index contributed by atoms with van der Waals surface area (Å²) < 4.78 is 13.3. The minimum Gasteiger partial charge on any atom is -0.438 e. The molecule has 0 saturated carbocycles. The Balaban J connectivity index is 3.87. The molecule has 5 nitrogen and oxygen atoms in total. The lowest BCUT2D eigenvalue weighted by Crippen LogP contribution is -2.21. The second-order valence-electron chi connectivity index (χ2n) is 2.33. The largest absolute Gasteiger partial charge is 0.511 e. The summed E-state index contributed by atoms with van der Waals surface area (Å²) in [5.74, 6) is -0.614. The van der Waals surface area contributed by atoms with E-state index in [0.717, 1.165) is 7.11 Å². The van der Waals surface area contributed by atoms with Crippen LogP contribution in [0.15, 0.2) is 12.2 Å². The topological polar surface area (TPSA) is 61.8 Å². The number of carbonyl (C=O) groups is 2. The lowest BCUT2D eigenvalue weighted by Gasteiger charge is -2.12. The number of methoxy groups -OCH3 is 1. The summed E-state index contributed by atoms with van der Waals surface area (Å²) in [7, 11) is 1.16. The molecule has 0 aliphatic carbocycles. The SMILES string of the molecule is C=C(C)C(=O)OC(C)OC(=O)OC. The lowest BCUT2D eigenvalue weighted by molar-refractivity contribution is -0.162. The first-order valence-corrected chi connectivity index (χ1v) is 3.58. The first kappa shape index (κ1) is 11.5. The molecule has 1 unspecified atom stereocenters. The summed E-state index contributed by atoms with van der Waals surface area (Å²) in [6.45, 7) is 6.25. The van der Waals surface area contributed by atoms with Crippen molar-refractivity contribution in [3.63, 3.8) is 0 Å². The van der Waals surface area contributed by atoms with Crippen LogP contribution in [0.3, 0.4) is 0 Å². The highest BCUT2D eigenvalue weighted by Gasteiger charge is 2.13. The molecule has 0 bridgehead atoms. The highest BCUT2D eigenvalue weighted by molar-refractivity contribution is 5.87. The second kappa shape index (κ2) is 5.18. The van der Waals surface area contributed by atoms with E-state index in [1.54, 1.807) is 0 Å². The Morgan fingerprint density at radius 2 is 1.85 bits per heavy atom. The van der Waals surface area contributed by atoms with Gasteiger partial charge in [0.2, 0.25) is 6.29 Å². The second-order valence-corrected chi connectivity index (χ2v) is 2.33. The van der Waals surface area contributed by atoms with Crippen molar-refractivity contribution in [1.82, 2.24) is 0 Å². The number of hydrogen-bond acceptors (Lipinski definition) is 5. The van der Waals surface area contributed by atoms with Gasteiger partial charge in [0.05, 0.1) is 7.11 Å². The van der Waals surface area contributed by atoms with Gasteiger partial charge in [0.25, 0.3) is 0 Å². The van der Waals surface area contributed by atoms with E-state index in [1.807, 2.05) is 0 Å². The first-order chi connectivity index (χ1) is 5.97. The van der Waals surface area contributed by atoms with E-state index >= 15 is 0 Å². The van der Waals surface area contributed by atoms with E-state index in [9.17, 15) is 9.59 Å². The predicted molar refractivity (Wildman–Crippen MR) is 43.9 cm³/mol. The van der Waals surface area contributed by atoms with Gasteiger partial charge in [0.1, 0.15) is 0 Å². The van der Waals surface area contributed by atoms with Crippen LogP contribution in [0.4, 0.5) is 4.79 Å². The van der Waals surface area contributed by atoms with Crippen LogP contribution in [-0.4, -0.2) is 25.5 Å². The molecule has 1 atom stereocenters. The summed E-state index contributed by atoms with van der Waals surface area (Å²) in [5.41, 5.74) is 0.236. The molecule has 13 heavy (non-hydrogen) atoms. The zero-order valence-corrected chi connectivity index (χ0v) is 7.83. The molecule has 0 spiro atoms. The quantitative estimate of drug-likeness (QED) is 0.378. The molecule has 0 fully saturated rings. The van der Waals surface area contributed by atoms with Crippen molar-refractivity contribution >= 4 is 12.1 Å². The van der Waals surface area contributed by atoms with E-state index in [1.165, 1.54) is 13.8 Å². The molecule has 0 heterocycles. The Labute approximate surface area is 76.3 Å². The molecule has 0 aromatic carbocycles. The predicted octanol–water partition coefficient (Wildman–Crippen LogP) is 1.23. The maximum Gasteiger partial charge on any atom is 0.511 e. The average Bonchev–Trinajstić information content (AvgIpc) is 2.03. The van der Waals surface area contributed by atoms with Crippen LogP contribution in [0, 0.1) is 0 Å². The van der Waals surface area contributed by atoms with Gasteiger partial charge in [-0.25, -0.2) is 9.59 Å². The van der Waals surface area contributed by atoms with E-state index in [-0.39, 0.29) is 5.57 Å². The molecule has 0 aliphatic rings. The summed E-state index contributed by atoms with van der Waals surface area (Å²) in [6, 6.07) is 0. The normalized spacial score (nSPS) is 11.3. The third-order valence-electron chi connectivity index (χ3n) is 1.05. The Bertz CT molecular complexity index is 221. The number of hydrogen-bond donors (Lipinski definition) is 0. The van der Waals surface area contributed by atoms with Gasteiger partial charge in [-0.2, -0.15) is 0 Å². The number of rotatable bonds is 3. The number of esters is 1. The van der Waals surface area contributed by atoms with Crippen LogP contribution in [0.25, 0.3) is 0 Å². The Hall–Kier alpha value is -1.52. The van der Waals surface area contributed by atoms with Crippen LogP contribution >= 0.6 is 0 Å². The molecular weight excluding hydrogens is 176 g/mol. The third kappa shape index (κ3) is 4.84. The minimum absolute atomic E-state index is 0.236. The van der Waals surface area contributed by atoms with E-state index < -0.39 is 18.4 Å². The van der Waals surface area contributed by atoms with Crippen LogP contribution < -0.4 is 0 Å². The van der Waals surface area contributed by atoms with Gasteiger partial charge in [-0.15, -0.1) is 0 Å². The molecule has 0 amide bonds. The molecule has 0 rings (SSSR count). The van der Waals surface area contributed by atoms with E-state index in [0.29, 0.717) is 0 Å². The Morgan fingerprint density at radius 1 is 1.31 bits per heavy atom. The Morgan fingerprint density at radius 3 is 2.23 bits per heavy atom. The maximum atomic E-state index is 10.9. The van der Waals surface area contributed by atoms with Crippen molar-refractivity contribution in [3.8, 4) is 0 Å². The molecule has 74 valence electrons. The van der Waals surface area contributed by atoms with E-state index in [4.69, 9.17) is 0 Å². The van der Waals surface area contributed by atoms with Crippen molar-refractivity contribution in [1.29, 1.82) is 0 Å². The summed E-state index contributed by atoms with van der Waals surface area (Å²) in [6.07, 6.45) is -1.88. The smallest absolute Gasteiger partial charge is 0.438 e. The van der Waals surface area contributed by atoms with Gasteiger partial charge in [-0.3, -0.25) is 0 Å². The standard InChI is InChI=1S/C8H12O5/c1-5(2)7(9)12-6(3)13-8(10)11-4/h6H,1H2,2-4H3. The zero-order valence-electron chi connectivity index (χ0n) is 7.83. The van der Waals surface area contributed by atoms with Gasteiger partial charge in [0, 0.05) is 12.5 Å². The third-order valence-corrected chi connectivity index (χ3v) is 1.05. The van der Waals surface area contributed by atoms with Crippen LogP contribution in [0.5, 0.6) is 0 Å². The summed E-state index contributed by atoms with van der Waals surface area (Å²) >= 11 is 0. The van der Waals surface area contributed by atoms with Crippen molar-refractivity contribution in [3.05, 3.63) is 12.2 Å². The first-order valence-electron chi connectivity index (χ1n) is 3.58. The van der Waals surface area contributed by atoms with Crippen molar-refractivity contribution in [2.45, 2.75) is 20.1 Å². The molecule has 0 aromatic rings. The highest BCUT2D eigenvalue weighted by atomic mass is 16.8. The van der Waals surface area contributed by atoms with Crippen LogP contribution in [0.2, 0.25) is 0 Å². The van der Waals surface area contributed by atoms with Gasteiger partial charge >= 0.3 is 12.1 Å². The van der Waals surface area contributed by atoms with Crippen molar-refractivity contribution < 1.29 is 23.8 Å². The molecule has 0 aliphatic heterocycles. The highest BCUT2D eigenvalue weighted by Crippen LogP contribution is 2.00. The fourth-order valence-electron chi connectivity index (χ4n) is 0.459. The van der Waals surface area contributed by atoms with Gasteiger partial charge in [0.15, 0.2) is 0 Å². The molecule has 0 radical (unpaired) electrons.